The summed E-state index contributed by atoms with van der Waals surface area (Å²) in [5.74, 6) is 0.718. The molecule has 1 aliphatic carbocycles. The number of methoxy groups -OCH3 is 1. The number of hydrogen-bond donors (Lipinski definition) is 1. The molecule has 1 aliphatic rings. The number of anilines is 1. The molecule has 148 valence electrons. The second-order valence-electron chi connectivity index (χ2n) is 7.21. The lowest BCUT2D eigenvalue weighted by Gasteiger charge is -2.15. The van der Waals surface area contributed by atoms with Crippen molar-refractivity contribution in [2.75, 3.05) is 12.4 Å². The maximum atomic E-state index is 12.7. The summed E-state index contributed by atoms with van der Waals surface area (Å²) in [6.07, 6.45) is 1.88. The second-order valence-corrected chi connectivity index (χ2v) is 8.30. The molecule has 0 saturated heterocycles. The van der Waals surface area contributed by atoms with Gasteiger partial charge in [0.2, 0.25) is 0 Å². The van der Waals surface area contributed by atoms with E-state index in [-0.39, 0.29) is 5.91 Å². The Labute approximate surface area is 179 Å². The highest BCUT2D eigenvalue weighted by Gasteiger charge is 2.22. The Morgan fingerprint density at radius 3 is 2.50 bits per heavy atom. The standard InChI is InChI=1S/C25H20N2O2S/c1-29-20-12-13-21-19(15-20)11-14-22-23(21)26-25(30-22)27-24(28)18-9-7-17(8-10-18)16-5-3-2-4-6-16/h2-10,12-13,15H,11,14H2,1H3,(H,26,27,28). The number of amides is 1. The van der Waals surface area contributed by atoms with E-state index in [2.05, 4.69) is 29.6 Å². The van der Waals surface area contributed by atoms with E-state index in [1.807, 2.05) is 48.5 Å². The Bertz CT molecular complexity index is 1210. The average molecular weight is 413 g/mol. The van der Waals surface area contributed by atoms with Crippen molar-refractivity contribution in [1.29, 1.82) is 0 Å². The van der Waals surface area contributed by atoms with Gasteiger partial charge in [-0.15, -0.1) is 11.3 Å². The lowest BCUT2D eigenvalue weighted by atomic mass is 9.93. The van der Waals surface area contributed by atoms with Crippen LogP contribution in [0.1, 0.15) is 20.8 Å². The number of hydrogen-bond acceptors (Lipinski definition) is 4. The number of carbonyl (C=O) groups excluding carboxylic acids is 1. The highest BCUT2D eigenvalue weighted by Crippen LogP contribution is 2.39. The van der Waals surface area contributed by atoms with E-state index in [0.29, 0.717) is 10.7 Å². The normalized spacial score (nSPS) is 12.0. The minimum atomic E-state index is -0.143. The Hall–Kier alpha value is -3.44. The van der Waals surface area contributed by atoms with Crippen LogP contribution in [0.5, 0.6) is 5.75 Å². The predicted molar refractivity (Wildman–Crippen MR) is 121 cm³/mol. The zero-order valence-electron chi connectivity index (χ0n) is 16.5. The lowest BCUT2D eigenvalue weighted by molar-refractivity contribution is 0.102. The Kier molecular flexibility index (Phi) is 4.81. The molecule has 3 aromatic carbocycles. The Morgan fingerprint density at radius 1 is 0.967 bits per heavy atom. The smallest absolute Gasteiger partial charge is 0.257 e. The molecule has 30 heavy (non-hydrogen) atoms. The van der Waals surface area contributed by atoms with Gasteiger partial charge < -0.3 is 4.74 Å². The molecule has 1 aromatic heterocycles. The topological polar surface area (TPSA) is 51.2 Å². The number of carbonyl (C=O) groups is 1. The van der Waals surface area contributed by atoms with E-state index in [0.717, 1.165) is 41.0 Å². The first-order chi connectivity index (χ1) is 14.7. The maximum absolute atomic E-state index is 12.7. The highest BCUT2D eigenvalue weighted by molar-refractivity contribution is 7.16. The van der Waals surface area contributed by atoms with Crippen LogP contribution in [-0.2, 0) is 12.8 Å². The number of benzene rings is 3. The van der Waals surface area contributed by atoms with Crippen molar-refractivity contribution < 1.29 is 9.53 Å². The molecule has 5 rings (SSSR count). The third kappa shape index (κ3) is 3.48. The number of nitrogens with zero attached hydrogens (tertiary/aromatic N) is 1. The summed E-state index contributed by atoms with van der Waals surface area (Å²) in [6, 6.07) is 23.9. The van der Waals surface area contributed by atoms with Gasteiger partial charge in [0.15, 0.2) is 5.13 Å². The quantitative estimate of drug-likeness (QED) is 0.458. The highest BCUT2D eigenvalue weighted by atomic mass is 32.1. The van der Waals surface area contributed by atoms with Crippen molar-refractivity contribution in [3.8, 4) is 28.1 Å². The van der Waals surface area contributed by atoms with Gasteiger partial charge in [0.1, 0.15) is 5.75 Å². The summed E-state index contributed by atoms with van der Waals surface area (Å²) in [5.41, 5.74) is 6.17. The van der Waals surface area contributed by atoms with E-state index >= 15 is 0 Å². The van der Waals surface area contributed by atoms with Gasteiger partial charge in [0.25, 0.3) is 5.91 Å². The molecule has 1 heterocycles. The number of aromatic nitrogens is 1. The van der Waals surface area contributed by atoms with Gasteiger partial charge in [-0.1, -0.05) is 42.5 Å². The van der Waals surface area contributed by atoms with Crippen LogP contribution in [0.3, 0.4) is 0 Å². The van der Waals surface area contributed by atoms with Crippen LogP contribution < -0.4 is 10.1 Å². The third-order valence-electron chi connectivity index (χ3n) is 5.36. The third-order valence-corrected chi connectivity index (χ3v) is 6.39. The zero-order chi connectivity index (χ0) is 20.5. The van der Waals surface area contributed by atoms with Gasteiger partial charge in [0.05, 0.1) is 12.8 Å². The Morgan fingerprint density at radius 2 is 1.73 bits per heavy atom. The Balaban J connectivity index is 1.35. The van der Waals surface area contributed by atoms with Gasteiger partial charge in [-0.3, -0.25) is 10.1 Å². The lowest BCUT2D eigenvalue weighted by Crippen LogP contribution is -2.11. The number of rotatable bonds is 4. The second kappa shape index (κ2) is 7.76. The van der Waals surface area contributed by atoms with Gasteiger partial charge in [-0.25, -0.2) is 4.98 Å². The molecule has 1 N–H and O–H groups in total. The summed E-state index contributed by atoms with van der Waals surface area (Å²) in [4.78, 5) is 18.7. The van der Waals surface area contributed by atoms with Crippen molar-refractivity contribution in [1.82, 2.24) is 4.98 Å². The van der Waals surface area contributed by atoms with Crippen molar-refractivity contribution in [2.45, 2.75) is 12.8 Å². The average Bonchev–Trinajstić information content (AvgIpc) is 3.22. The molecule has 1 amide bonds. The number of ether oxygens (including phenoxy) is 1. The van der Waals surface area contributed by atoms with Crippen LogP contribution in [0.4, 0.5) is 5.13 Å². The van der Waals surface area contributed by atoms with Gasteiger partial charge >= 0.3 is 0 Å². The summed E-state index contributed by atoms with van der Waals surface area (Å²) in [7, 11) is 1.68. The SMILES string of the molecule is COc1ccc2c(c1)CCc1sc(NC(=O)c3ccc(-c4ccccc4)cc3)nc1-2. The molecule has 0 bridgehead atoms. The molecule has 0 atom stereocenters. The fourth-order valence-corrected chi connectivity index (χ4v) is 4.75. The molecule has 0 aliphatic heterocycles. The molecule has 0 fully saturated rings. The van der Waals surface area contributed by atoms with Crippen molar-refractivity contribution in [3.05, 3.63) is 88.8 Å². The molecule has 4 aromatic rings. The van der Waals surface area contributed by atoms with Gasteiger partial charge in [0, 0.05) is 16.0 Å². The van der Waals surface area contributed by atoms with Crippen LogP contribution >= 0.6 is 11.3 Å². The zero-order valence-corrected chi connectivity index (χ0v) is 17.3. The number of nitrogens with one attached hydrogen (secondary N) is 1. The van der Waals surface area contributed by atoms with Crippen LogP contribution in [0.15, 0.2) is 72.8 Å². The fraction of sp³-hybridized carbons (Fsp3) is 0.120. The summed E-state index contributed by atoms with van der Waals surface area (Å²) < 4.78 is 5.34. The summed E-state index contributed by atoms with van der Waals surface area (Å²) in [6.45, 7) is 0. The predicted octanol–water partition coefficient (Wildman–Crippen LogP) is 5.84. The van der Waals surface area contributed by atoms with E-state index in [1.165, 1.54) is 10.4 Å². The number of thiazole rings is 1. The van der Waals surface area contributed by atoms with Crippen LogP contribution in [0.25, 0.3) is 22.4 Å². The molecule has 0 spiro atoms. The molecular formula is C25H20N2O2S. The van der Waals surface area contributed by atoms with Crippen LogP contribution in [0, 0.1) is 0 Å². The summed E-state index contributed by atoms with van der Waals surface area (Å²) in [5, 5.41) is 3.61. The summed E-state index contributed by atoms with van der Waals surface area (Å²) >= 11 is 1.56. The molecule has 5 heteroatoms. The number of aryl methyl sites for hydroxylation is 2. The number of fused-ring (bicyclic) bond motifs is 3. The minimum Gasteiger partial charge on any atom is -0.497 e. The largest absolute Gasteiger partial charge is 0.497 e. The monoisotopic (exact) mass is 412 g/mol. The molecular weight excluding hydrogens is 392 g/mol. The van der Waals surface area contributed by atoms with E-state index in [1.54, 1.807) is 18.4 Å². The van der Waals surface area contributed by atoms with Crippen LogP contribution in [-0.4, -0.2) is 18.0 Å². The first-order valence-corrected chi connectivity index (χ1v) is 10.7. The molecule has 0 saturated carbocycles. The molecule has 4 nitrogen and oxygen atoms in total. The van der Waals surface area contributed by atoms with E-state index < -0.39 is 0 Å². The fourth-order valence-electron chi connectivity index (χ4n) is 3.78. The van der Waals surface area contributed by atoms with Crippen LogP contribution in [0.2, 0.25) is 0 Å². The van der Waals surface area contributed by atoms with E-state index in [9.17, 15) is 4.79 Å². The van der Waals surface area contributed by atoms with Crippen molar-refractivity contribution in [3.63, 3.8) is 0 Å². The first-order valence-electron chi connectivity index (χ1n) is 9.85. The van der Waals surface area contributed by atoms with Gasteiger partial charge in [-0.2, -0.15) is 0 Å². The first kappa shape index (κ1) is 18.6. The molecule has 0 radical (unpaired) electrons. The maximum Gasteiger partial charge on any atom is 0.257 e. The van der Waals surface area contributed by atoms with Crippen molar-refractivity contribution >= 4 is 22.4 Å². The van der Waals surface area contributed by atoms with Gasteiger partial charge in [-0.05, 0) is 59.9 Å². The minimum absolute atomic E-state index is 0.143. The molecule has 0 unspecified atom stereocenters. The van der Waals surface area contributed by atoms with Crippen molar-refractivity contribution in [2.24, 2.45) is 0 Å². The van der Waals surface area contributed by atoms with E-state index in [4.69, 9.17) is 9.72 Å².